The fraction of sp³-hybridized carbons (Fsp3) is 0.833. The highest BCUT2D eigenvalue weighted by atomic mass is 32.1. The maximum atomic E-state index is 5.46. The number of methoxy groups -OCH3 is 1. The molecular weight excluding hydrogens is 266 g/mol. The SMILES string of the molecule is CCCCOCCOc1nnc(CNCCOC)s1. The summed E-state index contributed by atoms with van der Waals surface area (Å²) in [5.41, 5.74) is 0. The second-order valence-corrected chi connectivity index (χ2v) is 4.97. The van der Waals surface area contributed by atoms with Crippen LogP contribution in [-0.2, 0) is 16.0 Å². The molecule has 0 unspecified atom stereocenters. The highest BCUT2D eigenvalue weighted by Gasteiger charge is 2.04. The molecule has 6 nitrogen and oxygen atoms in total. The fourth-order valence-corrected chi connectivity index (χ4v) is 1.96. The predicted octanol–water partition coefficient (Wildman–Crippen LogP) is 1.47. The largest absolute Gasteiger partial charge is 0.466 e. The molecule has 0 aromatic carbocycles. The summed E-state index contributed by atoms with van der Waals surface area (Å²) in [6.07, 6.45) is 2.24. The Balaban J connectivity index is 2.06. The van der Waals surface area contributed by atoms with Gasteiger partial charge in [0.25, 0.3) is 5.19 Å². The molecule has 0 radical (unpaired) electrons. The topological polar surface area (TPSA) is 65.5 Å². The summed E-state index contributed by atoms with van der Waals surface area (Å²) in [5.74, 6) is 0. The Morgan fingerprint density at radius 2 is 2.05 bits per heavy atom. The second kappa shape index (κ2) is 11.1. The van der Waals surface area contributed by atoms with Gasteiger partial charge in [-0.1, -0.05) is 24.7 Å². The lowest BCUT2D eigenvalue weighted by Crippen LogP contribution is -2.18. The van der Waals surface area contributed by atoms with Crippen LogP contribution in [0.15, 0.2) is 0 Å². The summed E-state index contributed by atoms with van der Waals surface area (Å²) in [6, 6.07) is 0. The zero-order valence-electron chi connectivity index (χ0n) is 11.7. The maximum absolute atomic E-state index is 5.46. The van der Waals surface area contributed by atoms with E-state index in [-0.39, 0.29) is 0 Å². The summed E-state index contributed by atoms with van der Waals surface area (Å²) in [6.45, 7) is 6.25. The van der Waals surface area contributed by atoms with Crippen LogP contribution in [-0.4, -0.2) is 50.3 Å². The molecule has 0 saturated carbocycles. The molecule has 1 aromatic heterocycles. The van der Waals surface area contributed by atoms with Crippen molar-refractivity contribution in [2.45, 2.75) is 26.3 Å². The quantitative estimate of drug-likeness (QED) is 0.588. The van der Waals surface area contributed by atoms with Crippen molar-refractivity contribution in [2.75, 3.05) is 40.1 Å². The maximum Gasteiger partial charge on any atom is 0.294 e. The highest BCUT2D eigenvalue weighted by Crippen LogP contribution is 2.17. The number of ether oxygens (including phenoxy) is 3. The molecule has 1 rings (SSSR count). The normalized spacial score (nSPS) is 10.8. The lowest BCUT2D eigenvalue weighted by molar-refractivity contribution is 0.0977. The van der Waals surface area contributed by atoms with Crippen LogP contribution in [0.4, 0.5) is 0 Å². The van der Waals surface area contributed by atoms with Crippen molar-refractivity contribution >= 4 is 11.3 Å². The first-order valence-electron chi connectivity index (χ1n) is 6.59. The van der Waals surface area contributed by atoms with E-state index in [9.17, 15) is 0 Å². The van der Waals surface area contributed by atoms with Crippen LogP contribution in [0.1, 0.15) is 24.8 Å². The van der Waals surface area contributed by atoms with E-state index >= 15 is 0 Å². The van der Waals surface area contributed by atoms with Gasteiger partial charge in [-0.05, 0) is 6.42 Å². The summed E-state index contributed by atoms with van der Waals surface area (Å²) in [5, 5.41) is 12.7. The van der Waals surface area contributed by atoms with Gasteiger partial charge >= 0.3 is 0 Å². The van der Waals surface area contributed by atoms with Gasteiger partial charge < -0.3 is 19.5 Å². The second-order valence-electron chi connectivity index (χ2n) is 3.95. The smallest absolute Gasteiger partial charge is 0.294 e. The third kappa shape index (κ3) is 8.10. The Morgan fingerprint density at radius 3 is 2.84 bits per heavy atom. The van der Waals surface area contributed by atoms with Crippen LogP contribution in [0.2, 0.25) is 0 Å². The third-order valence-electron chi connectivity index (χ3n) is 2.30. The van der Waals surface area contributed by atoms with Crippen LogP contribution in [0.25, 0.3) is 0 Å². The monoisotopic (exact) mass is 289 g/mol. The Morgan fingerprint density at radius 1 is 1.16 bits per heavy atom. The lowest BCUT2D eigenvalue weighted by Gasteiger charge is -2.03. The molecule has 110 valence electrons. The Kier molecular flexibility index (Phi) is 9.52. The zero-order valence-corrected chi connectivity index (χ0v) is 12.5. The van der Waals surface area contributed by atoms with Crippen molar-refractivity contribution in [1.82, 2.24) is 15.5 Å². The van der Waals surface area contributed by atoms with Crippen LogP contribution in [0.3, 0.4) is 0 Å². The van der Waals surface area contributed by atoms with E-state index in [1.165, 1.54) is 11.3 Å². The molecule has 1 aromatic rings. The minimum Gasteiger partial charge on any atom is -0.466 e. The van der Waals surface area contributed by atoms with Gasteiger partial charge in [0.15, 0.2) is 0 Å². The average Bonchev–Trinajstić information content (AvgIpc) is 2.87. The van der Waals surface area contributed by atoms with E-state index in [1.807, 2.05) is 0 Å². The number of rotatable bonds is 12. The predicted molar refractivity (Wildman–Crippen MR) is 74.7 cm³/mol. The van der Waals surface area contributed by atoms with E-state index in [1.54, 1.807) is 7.11 Å². The van der Waals surface area contributed by atoms with Crippen molar-refractivity contribution in [3.63, 3.8) is 0 Å². The zero-order chi connectivity index (χ0) is 13.8. The average molecular weight is 289 g/mol. The minimum absolute atomic E-state index is 0.523. The third-order valence-corrected chi connectivity index (χ3v) is 3.14. The molecule has 0 fully saturated rings. The molecule has 1 heterocycles. The summed E-state index contributed by atoms with van der Waals surface area (Å²) in [7, 11) is 1.68. The van der Waals surface area contributed by atoms with Gasteiger partial charge in [-0.3, -0.25) is 0 Å². The molecule has 0 aliphatic carbocycles. The molecule has 0 amide bonds. The molecule has 0 saturated heterocycles. The minimum atomic E-state index is 0.523. The molecule has 0 aliphatic rings. The van der Waals surface area contributed by atoms with E-state index < -0.39 is 0 Å². The molecule has 0 bridgehead atoms. The van der Waals surface area contributed by atoms with Crippen LogP contribution >= 0.6 is 11.3 Å². The van der Waals surface area contributed by atoms with Gasteiger partial charge in [0.1, 0.15) is 11.6 Å². The van der Waals surface area contributed by atoms with Gasteiger partial charge in [-0.25, -0.2) is 0 Å². The van der Waals surface area contributed by atoms with Crippen molar-refractivity contribution in [3.8, 4) is 5.19 Å². The van der Waals surface area contributed by atoms with Crippen LogP contribution < -0.4 is 10.1 Å². The molecule has 0 atom stereocenters. The van der Waals surface area contributed by atoms with Gasteiger partial charge in [-0.2, -0.15) is 0 Å². The Labute approximate surface area is 118 Å². The molecular formula is C12H23N3O3S. The molecule has 7 heteroatoms. The first kappa shape index (κ1) is 16.3. The van der Waals surface area contributed by atoms with Crippen LogP contribution in [0, 0.1) is 0 Å². The lowest BCUT2D eigenvalue weighted by atomic mass is 10.4. The Hall–Kier alpha value is -0.760. The van der Waals surface area contributed by atoms with Gasteiger partial charge in [0.05, 0.1) is 13.2 Å². The van der Waals surface area contributed by atoms with Crippen molar-refractivity contribution < 1.29 is 14.2 Å². The molecule has 19 heavy (non-hydrogen) atoms. The molecule has 0 spiro atoms. The molecule has 1 N–H and O–H groups in total. The summed E-state index contributed by atoms with van der Waals surface area (Å²) >= 11 is 1.46. The van der Waals surface area contributed by atoms with E-state index in [4.69, 9.17) is 14.2 Å². The van der Waals surface area contributed by atoms with Crippen molar-refractivity contribution in [1.29, 1.82) is 0 Å². The standard InChI is InChI=1S/C12H23N3O3S/c1-3-4-6-17-8-9-18-12-15-14-11(19-12)10-13-5-7-16-2/h13H,3-10H2,1-2H3. The highest BCUT2D eigenvalue weighted by molar-refractivity contribution is 7.13. The van der Waals surface area contributed by atoms with Crippen LogP contribution in [0.5, 0.6) is 5.19 Å². The van der Waals surface area contributed by atoms with Gasteiger partial charge in [-0.15, -0.1) is 10.2 Å². The van der Waals surface area contributed by atoms with Crippen molar-refractivity contribution in [3.05, 3.63) is 5.01 Å². The number of unbranched alkanes of at least 4 members (excludes halogenated alkanes) is 1. The number of nitrogens with zero attached hydrogens (tertiary/aromatic N) is 2. The number of aromatic nitrogens is 2. The Bertz CT molecular complexity index is 323. The van der Waals surface area contributed by atoms with Gasteiger partial charge in [0, 0.05) is 26.8 Å². The van der Waals surface area contributed by atoms with E-state index in [0.29, 0.717) is 31.6 Å². The van der Waals surface area contributed by atoms with E-state index in [0.717, 1.165) is 31.0 Å². The number of nitrogens with one attached hydrogen (secondary N) is 1. The fourth-order valence-electron chi connectivity index (χ4n) is 1.27. The van der Waals surface area contributed by atoms with Crippen molar-refractivity contribution in [2.24, 2.45) is 0 Å². The first-order valence-corrected chi connectivity index (χ1v) is 7.41. The summed E-state index contributed by atoms with van der Waals surface area (Å²) < 4.78 is 15.8. The summed E-state index contributed by atoms with van der Waals surface area (Å²) in [4.78, 5) is 0. The number of hydrogen-bond acceptors (Lipinski definition) is 7. The number of hydrogen-bond donors (Lipinski definition) is 1. The first-order chi connectivity index (χ1) is 9.36. The molecule has 0 aliphatic heterocycles. The van der Waals surface area contributed by atoms with Gasteiger partial charge in [0.2, 0.25) is 0 Å². The van der Waals surface area contributed by atoms with E-state index in [2.05, 4.69) is 22.4 Å².